The molecule has 176 valence electrons. The fourth-order valence-electron chi connectivity index (χ4n) is 3.65. The second kappa shape index (κ2) is 8.93. The Labute approximate surface area is 188 Å². The van der Waals surface area contributed by atoms with E-state index in [9.17, 15) is 21.6 Å². The molecule has 1 aliphatic heterocycles. The number of rotatable bonds is 6. The fourth-order valence-corrected chi connectivity index (χ4v) is 6.68. The summed E-state index contributed by atoms with van der Waals surface area (Å²) in [7, 11) is -7.67. The molecule has 0 unspecified atom stereocenters. The lowest BCUT2D eigenvalue weighted by molar-refractivity contribution is -0.133. The fraction of sp³-hybridized carbons (Fsp3) is 0.500. The Kier molecular flexibility index (Phi) is 6.80. The van der Waals surface area contributed by atoms with E-state index in [1.54, 1.807) is 18.2 Å². The number of hydrogen-bond donors (Lipinski definition) is 1. The molecule has 1 aromatic heterocycles. The Hall–Kier alpha value is -2.28. The molecule has 2 heterocycles. The normalized spacial score (nSPS) is 16.8. The largest absolute Gasteiger partial charge is 0.360 e. The summed E-state index contributed by atoms with van der Waals surface area (Å²) < 4.78 is 59.8. The first-order valence-electron chi connectivity index (χ1n) is 10.2. The summed E-state index contributed by atoms with van der Waals surface area (Å²) in [5, 5.41) is 3.64. The van der Waals surface area contributed by atoms with Crippen molar-refractivity contribution in [3.05, 3.63) is 40.8 Å². The van der Waals surface area contributed by atoms with E-state index in [-0.39, 0.29) is 47.4 Å². The van der Waals surface area contributed by atoms with Crippen molar-refractivity contribution in [1.29, 1.82) is 0 Å². The number of hydrogen-bond acceptors (Lipinski definition) is 7. The van der Waals surface area contributed by atoms with Gasteiger partial charge in [0.2, 0.25) is 26.0 Å². The molecule has 0 bridgehead atoms. The van der Waals surface area contributed by atoms with Crippen molar-refractivity contribution < 1.29 is 26.2 Å². The Morgan fingerprint density at radius 2 is 1.66 bits per heavy atom. The second-order valence-electron chi connectivity index (χ2n) is 7.97. The highest BCUT2D eigenvalue weighted by atomic mass is 32.2. The quantitative estimate of drug-likeness (QED) is 0.650. The van der Waals surface area contributed by atoms with Crippen LogP contribution in [0.3, 0.4) is 0 Å². The van der Waals surface area contributed by atoms with Crippen LogP contribution in [-0.2, 0) is 24.8 Å². The summed E-state index contributed by atoms with van der Waals surface area (Å²) in [4.78, 5) is 14.4. The molecular formula is C20H28N4O6S2. The lowest BCUT2D eigenvalue weighted by Gasteiger charge is -2.35. The number of aryl methyl sites for hydroxylation is 4. The van der Waals surface area contributed by atoms with Gasteiger partial charge in [-0.05, 0) is 57.9 Å². The summed E-state index contributed by atoms with van der Waals surface area (Å²) >= 11 is 0. The number of carbonyl (C=O) groups is 1. The maximum absolute atomic E-state index is 13.0. The van der Waals surface area contributed by atoms with E-state index in [1.807, 2.05) is 13.8 Å². The molecule has 1 fully saturated rings. The van der Waals surface area contributed by atoms with Gasteiger partial charge in [-0.25, -0.2) is 16.8 Å². The van der Waals surface area contributed by atoms with Gasteiger partial charge < -0.3 is 9.42 Å². The van der Waals surface area contributed by atoms with Gasteiger partial charge in [0.05, 0.1) is 10.9 Å². The lowest BCUT2D eigenvalue weighted by atomic mass is 10.1. The first kappa shape index (κ1) is 24.4. The highest BCUT2D eigenvalue weighted by Crippen LogP contribution is 2.22. The molecule has 0 saturated carbocycles. The van der Waals surface area contributed by atoms with Crippen LogP contribution >= 0.6 is 0 Å². The Bertz CT molecular complexity index is 1210. The topological polar surface area (TPSA) is 130 Å². The number of aromatic nitrogens is 1. The van der Waals surface area contributed by atoms with Crippen molar-refractivity contribution in [2.45, 2.75) is 50.5 Å². The van der Waals surface area contributed by atoms with Crippen LogP contribution in [0.1, 0.15) is 29.5 Å². The molecule has 0 spiro atoms. The molecule has 10 nitrogen and oxygen atoms in total. The number of amides is 1. The molecule has 1 saturated heterocycles. The average molecular weight is 485 g/mol. The number of sulfonamides is 2. The standard InChI is InChI=1S/C20H28N4O6S2/c1-13-6-7-18(12-14(13)2)32(28,29)24-10-8-23(9-11-24)20(25)16(4)22-31(26,27)19-15(3)21-30-17(19)5/h6-7,12,16,22H,8-11H2,1-5H3/t16-/m0/s1. The number of nitrogens with zero attached hydrogens (tertiary/aromatic N) is 3. The molecule has 0 radical (unpaired) electrons. The van der Waals surface area contributed by atoms with E-state index >= 15 is 0 Å². The third-order valence-corrected chi connectivity index (χ3v) is 9.28. The summed E-state index contributed by atoms with van der Waals surface area (Å²) in [6.07, 6.45) is 0. The van der Waals surface area contributed by atoms with Gasteiger partial charge in [-0.15, -0.1) is 0 Å². The van der Waals surface area contributed by atoms with Crippen LogP contribution in [0.15, 0.2) is 32.5 Å². The van der Waals surface area contributed by atoms with Crippen LogP contribution in [0, 0.1) is 27.7 Å². The van der Waals surface area contributed by atoms with Crippen LogP contribution in [0.4, 0.5) is 0 Å². The summed E-state index contributed by atoms with van der Waals surface area (Å²) in [5.41, 5.74) is 2.10. The second-order valence-corrected chi connectivity index (χ2v) is 11.6. The highest BCUT2D eigenvalue weighted by molar-refractivity contribution is 7.89. The molecule has 3 rings (SSSR count). The number of nitrogens with one attached hydrogen (secondary N) is 1. The van der Waals surface area contributed by atoms with Crippen molar-refractivity contribution >= 4 is 26.0 Å². The van der Waals surface area contributed by atoms with Gasteiger partial charge in [0.1, 0.15) is 10.6 Å². The Balaban J connectivity index is 1.65. The van der Waals surface area contributed by atoms with Crippen LogP contribution < -0.4 is 4.72 Å². The molecule has 0 aliphatic carbocycles. The predicted octanol–water partition coefficient (Wildman–Crippen LogP) is 1.11. The molecule has 32 heavy (non-hydrogen) atoms. The van der Waals surface area contributed by atoms with Crippen molar-refractivity contribution in [2.75, 3.05) is 26.2 Å². The van der Waals surface area contributed by atoms with Gasteiger partial charge >= 0.3 is 0 Å². The SMILES string of the molecule is Cc1ccc(S(=O)(=O)N2CCN(C(=O)[C@H](C)NS(=O)(=O)c3c(C)noc3C)CC2)cc1C. The molecule has 1 atom stereocenters. The molecule has 1 aromatic carbocycles. The van der Waals surface area contributed by atoms with Gasteiger partial charge in [-0.2, -0.15) is 9.03 Å². The van der Waals surface area contributed by atoms with Crippen molar-refractivity contribution in [3.63, 3.8) is 0 Å². The minimum absolute atomic E-state index is 0.0820. The minimum Gasteiger partial charge on any atom is -0.360 e. The van der Waals surface area contributed by atoms with Gasteiger partial charge in [-0.3, -0.25) is 4.79 Å². The van der Waals surface area contributed by atoms with Crippen LogP contribution in [0.5, 0.6) is 0 Å². The summed E-state index contributed by atoms with van der Waals surface area (Å²) in [5.74, 6) is -0.289. The maximum atomic E-state index is 13.0. The van der Waals surface area contributed by atoms with Crippen molar-refractivity contribution in [1.82, 2.24) is 19.1 Å². The highest BCUT2D eigenvalue weighted by Gasteiger charge is 2.34. The first-order valence-corrected chi connectivity index (χ1v) is 13.1. The van der Waals surface area contributed by atoms with Crippen LogP contribution in [0.2, 0.25) is 0 Å². The molecule has 1 aliphatic rings. The number of benzene rings is 1. The summed E-state index contributed by atoms with van der Waals surface area (Å²) in [6, 6.07) is 3.97. The van der Waals surface area contributed by atoms with Crippen molar-refractivity contribution in [3.8, 4) is 0 Å². The number of piperazine rings is 1. The van der Waals surface area contributed by atoms with Crippen molar-refractivity contribution in [2.24, 2.45) is 0 Å². The van der Waals surface area contributed by atoms with Gasteiger partial charge in [-0.1, -0.05) is 11.2 Å². The van der Waals surface area contributed by atoms with E-state index in [1.165, 1.54) is 30.0 Å². The van der Waals surface area contributed by atoms with E-state index in [0.29, 0.717) is 0 Å². The monoisotopic (exact) mass is 484 g/mol. The smallest absolute Gasteiger partial charge is 0.246 e. The van der Waals surface area contributed by atoms with Gasteiger partial charge in [0.25, 0.3) is 0 Å². The van der Waals surface area contributed by atoms with E-state index in [4.69, 9.17) is 4.52 Å². The van der Waals surface area contributed by atoms with E-state index in [2.05, 4.69) is 9.88 Å². The Morgan fingerprint density at radius 3 is 2.19 bits per heavy atom. The zero-order valence-corrected chi connectivity index (χ0v) is 20.4. The van der Waals surface area contributed by atoms with Gasteiger partial charge in [0, 0.05) is 26.2 Å². The maximum Gasteiger partial charge on any atom is 0.246 e. The average Bonchev–Trinajstić information content (AvgIpc) is 3.08. The van der Waals surface area contributed by atoms with Crippen LogP contribution in [-0.4, -0.2) is 69.3 Å². The Morgan fingerprint density at radius 1 is 1.03 bits per heavy atom. The summed E-state index contributed by atoms with van der Waals surface area (Å²) in [6.45, 7) is 8.81. The number of carbonyl (C=O) groups excluding carboxylic acids is 1. The molecule has 12 heteroatoms. The molecule has 1 amide bonds. The minimum atomic E-state index is -4.00. The predicted molar refractivity (Wildman–Crippen MR) is 117 cm³/mol. The zero-order chi connectivity index (χ0) is 23.8. The van der Waals surface area contributed by atoms with Crippen LogP contribution in [0.25, 0.3) is 0 Å². The third-order valence-electron chi connectivity index (χ3n) is 5.61. The third kappa shape index (κ3) is 4.72. The molecule has 1 N–H and O–H groups in total. The molecular weight excluding hydrogens is 456 g/mol. The molecule has 2 aromatic rings. The van der Waals surface area contributed by atoms with E-state index in [0.717, 1.165) is 11.1 Å². The van der Waals surface area contributed by atoms with Gasteiger partial charge in [0.15, 0.2) is 5.76 Å². The van der Waals surface area contributed by atoms with E-state index < -0.39 is 32.0 Å². The lowest BCUT2D eigenvalue weighted by Crippen LogP contribution is -2.55. The zero-order valence-electron chi connectivity index (χ0n) is 18.7. The first-order chi connectivity index (χ1) is 14.8.